The van der Waals surface area contributed by atoms with Gasteiger partial charge in [0.25, 0.3) is 0 Å². The second-order valence-corrected chi connectivity index (χ2v) is 3.43. The molecule has 14 heavy (non-hydrogen) atoms. The Hall–Kier alpha value is -1.19. The molecule has 1 radical (unpaired) electrons. The second-order valence-electron chi connectivity index (χ2n) is 3.43. The molecule has 4 nitrogen and oxygen atoms in total. The van der Waals surface area contributed by atoms with E-state index < -0.39 is 6.04 Å². The van der Waals surface area contributed by atoms with Crippen LogP contribution in [0.15, 0.2) is 0 Å². The van der Waals surface area contributed by atoms with Crippen molar-refractivity contribution in [2.75, 3.05) is 0 Å². The molecule has 0 aromatic carbocycles. The molecule has 0 aliphatic carbocycles. The van der Waals surface area contributed by atoms with Gasteiger partial charge in [0, 0.05) is 12.8 Å². The molecule has 0 aromatic heterocycles. The van der Waals surface area contributed by atoms with Crippen molar-refractivity contribution in [3.63, 3.8) is 0 Å². The highest BCUT2D eigenvalue weighted by Gasteiger charge is 2.34. The lowest BCUT2D eigenvalue weighted by Gasteiger charge is -2.19. The minimum atomic E-state index is -0.655. The highest BCUT2D eigenvalue weighted by atomic mass is 16.2. The number of hydrogen-bond donors (Lipinski definition) is 0. The number of amides is 2. The fourth-order valence-corrected chi connectivity index (χ4v) is 1.58. The monoisotopic (exact) mass is 196 g/mol. The number of carbonyl (C=O) groups is 2. The third kappa shape index (κ3) is 2.19. The standard InChI is InChI=1S/C10H14NO3/c1-2-3-4-8(7-12)11-9(13)5-6-10(11)14/h8H,2-6H2,1H3. The highest BCUT2D eigenvalue weighted by Crippen LogP contribution is 2.17. The van der Waals surface area contributed by atoms with E-state index >= 15 is 0 Å². The van der Waals surface area contributed by atoms with Gasteiger partial charge in [0.05, 0.1) is 0 Å². The Morgan fingerprint density at radius 2 is 1.93 bits per heavy atom. The van der Waals surface area contributed by atoms with Crippen LogP contribution in [0.2, 0.25) is 0 Å². The van der Waals surface area contributed by atoms with Crippen LogP contribution in [0.4, 0.5) is 0 Å². The molecule has 0 N–H and O–H groups in total. The molecular weight excluding hydrogens is 182 g/mol. The third-order valence-corrected chi connectivity index (χ3v) is 2.37. The summed E-state index contributed by atoms with van der Waals surface area (Å²) in [6.45, 7) is 2.00. The highest BCUT2D eigenvalue weighted by molar-refractivity contribution is 6.03. The number of imide groups is 1. The maximum Gasteiger partial charge on any atom is 0.230 e. The Morgan fingerprint density at radius 1 is 1.36 bits per heavy atom. The van der Waals surface area contributed by atoms with E-state index in [1.807, 2.05) is 6.92 Å². The quantitative estimate of drug-likeness (QED) is 0.611. The molecule has 77 valence electrons. The fourth-order valence-electron chi connectivity index (χ4n) is 1.58. The van der Waals surface area contributed by atoms with Gasteiger partial charge in [-0.05, 0) is 6.42 Å². The summed E-state index contributed by atoms with van der Waals surface area (Å²) >= 11 is 0. The largest absolute Gasteiger partial charge is 0.288 e. The average Bonchev–Trinajstić information content (AvgIpc) is 2.50. The van der Waals surface area contributed by atoms with Gasteiger partial charge in [-0.15, -0.1) is 0 Å². The molecule has 0 saturated carbocycles. The van der Waals surface area contributed by atoms with Crippen molar-refractivity contribution >= 4 is 18.1 Å². The molecule has 1 saturated heterocycles. The fraction of sp³-hybridized carbons (Fsp3) is 0.700. The molecule has 1 fully saturated rings. The summed E-state index contributed by atoms with van der Waals surface area (Å²) in [5, 5.41) is 0. The Labute approximate surface area is 83.3 Å². The molecule has 1 heterocycles. The summed E-state index contributed by atoms with van der Waals surface area (Å²) < 4.78 is 0. The van der Waals surface area contributed by atoms with Crippen LogP contribution >= 0.6 is 0 Å². The second kappa shape index (κ2) is 4.88. The minimum Gasteiger partial charge on any atom is -0.288 e. The summed E-state index contributed by atoms with van der Waals surface area (Å²) in [7, 11) is 0. The lowest BCUT2D eigenvalue weighted by atomic mass is 10.1. The maximum absolute atomic E-state index is 11.3. The molecular formula is C10H14NO3. The third-order valence-electron chi connectivity index (χ3n) is 2.37. The molecule has 1 unspecified atom stereocenters. The summed E-state index contributed by atoms with van der Waals surface area (Å²) in [6, 6.07) is -0.655. The average molecular weight is 196 g/mol. The first-order valence-corrected chi connectivity index (χ1v) is 4.93. The van der Waals surface area contributed by atoms with Gasteiger partial charge >= 0.3 is 0 Å². The van der Waals surface area contributed by atoms with E-state index in [1.165, 1.54) is 0 Å². The number of likely N-dealkylation sites (tertiary alicyclic amines) is 1. The summed E-state index contributed by atoms with van der Waals surface area (Å²) in [6.07, 6.45) is 4.56. The van der Waals surface area contributed by atoms with Gasteiger partial charge in [-0.1, -0.05) is 19.8 Å². The van der Waals surface area contributed by atoms with Gasteiger partial charge < -0.3 is 0 Å². The molecule has 1 aliphatic rings. The van der Waals surface area contributed by atoms with E-state index in [4.69, 9.17) is 0 Å². The lowest BCUT2D eigenvalue weighted by molar-refractivity contribution is -0.139. The normalized spacial score (nSPS) is 18.8. The summed E-state index contributed by atoms with van der Waals surface area (Å²) in [5.41, 5.74) is 0. The van der Waals surface area contributed by atoms with Gasteiger partial charge in [0.1, 0.15) is 6.04 Å². The Morgan fingerprint density at radius 3 is 2.36 bits per heavy atom. The molecule has 0 bridgehead atoms. The molecule has 0 spiro atoms. The zero-order valence-electron chi connectivity index (χ0n) is 8.28. The maximum atomic E-state index is 11.3. The minimum absolute atomic E-state index is 0.237. The predicted octanol–water partition coefficient (Wildman–Crippen LogP) is 0.804. The number of carbonyl (C=O) groups excluding carboxylic acids is 3. The van der Waals surface area contributed by atoms with E-state index in [2.05, 4.69) is 0 Å². The first kappa shape index (κ1) is 10.9. The first-order chi connectivity index (χ1) is 6.70. The van der Waals surface area contributed by atoms with Crippen LogP contribution in [0.25, 0.3) is 0 Å². The number of unbranched alkanes of at least 4 members (excludes halogenated alkanes) is 1. The van der Waals surface area contributed by atoms with E-state index in [0.717, 1.165) is 17.7 Å². The van der Waals surface area contributed by atoms with Gasteiger partial charge in [0.15, 0.2) is 0 Å². The van der Waals surface area contributed by atoms with E-state index in [9.17, 15) is 14.4 Å². The SMILES string of the molecule is CCCCC([C]=O)N1C(=O)CCC1=O. The molecule has 1 rings (SSSR count). The first-order valence-electron chi connectivity index (χ1n) is 4.93. The Kier molecular flexibility index (Phi) is 3.80. The smallest absolute Gasteiger partial charge is 0.230 e. The van der Waals surface area contributed by atoms with Crippen LogP contribution in [0.3, 0.4) is 0 Å². The molecule has 0 aromatic rings. The van der Waals surface area contributed by atoms with Crippen LogP contribution in [-0.4, -0.2) is 29.0 Å². The predicted molar refractivity (Wildman–Crippen MR) is 50.1 cm³/mol. The van der Waals surface area contributed by atoms with Gasteiger partial charge in [0.2, 0.25) is 18.1 Å². The Bertz CT molecular complexity index is 234. The van der Waals surface area contributed by atoms with Crippen LogP contribution in [-0.2, 0) is 14.4 Å². The molecule has 2 amide bonds. The zero-order chi connectivity index (χ0) is 10.6. The molecule has 1 aliphatic heterocycles. The lowest BCUT2D eigenvalue weighted by Crippen LogP contribution is -2.40. The van der Waals surface area contributed by atoms with Gasteiger partial charge in [-0.25, -0.2) is 0 Å². The molecule has 1 atom stereocenters. The zero-order valence-corrected chi connectivity index (χ0v) is 8.28. The number of rotatable bonds is 5. The number of nitrogens with zero attached hydrogens (tertiary/aromatic N) is 1. The number of hydrogen-bond acceptors (Lipinski definition) is 3. The van der Waals surface area contributed by atoms with Crippen LogP contribution in [0.1, 0.15) is 39.0 Å². The van der Waals surface area contributed by atoms with E-state index in [0.29, 0.717) is 6.42 Å². The van der Waals surface area contributed by atoms with Crippen molar-refractivity contribution in [2.45, 2.75) is 45.1 Å². The van der Waals surface area contributed by atoms with Crippen LogP contribution < -0.4 is 0 Å². The van der Waals surface area contributed by atoms with Crippen molar-refractivity contribution in [3.05, 3.63) is 0 Å². The summed E-state index contributed by atoms with van der Waals surface area (Å²) in [4.78, 5) is 34.2. The van der Waals surface area contributed by atoms with Gasteiger partial charge in [-0.2, -0.15) is 0 Å². The van der Waals surface area contributed by atoms with Crippen molar-refractivity contribution in [1.29, 1.82) is 0 Å². The van der Waals surface area contributed by atoms with Crippen LogP contribution in [0.5, 0.6) is 0 Å². The van der Waals surface area contributed by atoms with Crippen molar-refractivity contribution in [2.24, 2.45) is 0 Å². The van der Waals surface area contributed by atoms with Gasteiger partial charge in [-0.3, -0.25) is 19.3 Å². The topological polar surface area (TPSA) is 54.5 Å². The van der Waals surface area contributed by atoms with E-state index in [1.54, 1.807) is 6.29 Å². The van der Waals surface area contributed by atoms with Crippen molar-refractivity contribution in [3.8, 4) is 0 Å². The summed E-state index contributed by atoms with van der Waals surface area (Å²) in [5.74, 6) is -0.473. The molecule has 4 heteroatoms. The van der Waals surface area contributed by atoms with Crippen molar-refractivity contribution < 1.29 is 14.4 Å². The Balaban J connectivity index is 2.62. The van der Waals surface area contributed by atoms with Crippen LogP contribution in [0, 0.1) is 0 Å². The van der Waals surface area contributed by atoms with E-state index in [-0.39, 0.29) is 24.7 Å². The van der Waals surface area contributed by atoms with Crippen molar-refractivity contribution in [1.82, 2.24) is 4.90 Å².